The van der Waals surface area contributed by atoms with Gasteiger partial charge in [0.2, 0.25) is 0 Å². The Morgan fingerprint density at radius 3 is 2.55 bits per heavy atom. The van der Waals surface area contributed by atoms with Crippen LogP contribution in [0, 0.1) is 5.41 Å². The molecule has 0 unspecified atom stereocenters. The molecule has 0 aromatic heterocycles. The van der Waals surface area contributed by atoms with Gasteiger partial charge in [-0.15, -0.1) is 0 Å². The molecule has 0 aliphatic heterocycles. The summed E-state index contributed by atoms with van der Waals surface area (Å²) in [5, 5.41) is 0. The van der Waals surface area contributed by atoms with E-state index in [0.29, 0.717) is 5.41 Å². The molecule has 0 heterocycles. The fourth-order valence-corrected chi connectivity index (χ4v) is 1.59. The largest absolute Gasteiger partial charge is 0.0880 e. The van der Waals surface area contributed by atoms with E-state index < -0.39 is 0 Å². The van der Waals surface area contributed by atoms with Crippen LogP contribution in [-0.2, 0) is 0 Å². The van der Waals surface area contributed by atoms with Crippen molar-refractivity contribution in [3.8, 4) is 0 Å². The van der Waals surface area contributed by atoms with Crippen molar-refractivity contribution in [1.82, 2.24) is 0 Å². The standard InChI is InChI=1S/C11H20/c1-3-4-5-6-8-11(2)9-7-10-11/h6,8H,3-5,7,9-10H2,1-2H3/b8-6-. The first-order valence-electron chi connectivity index (χ1n) is 4.94. The zero-order chi connectivity index (χ0) is 8.16. The molecule has 0 bridgehead atoms. The second-order valence-corrected chi connectivity index (χ2v) is 4.05. The van der Waals surface area contributed by atoms with Crippen molar-refractivity contribution in [1.29, 1.82) is 0 Å². The maximum atomic E-state index is 2.44. The summed E-state index contributed by atoms with van der Waals surface area (Å²) >= 11 is 0. The number of unbranched alkanes of at least 4 members (excludes halogenated alkanes) is 2. The second kappa shape index (κ2) is 3.94. The summed E-state index contributed by atoms with van der Waals surface area (Å²) in [5.74, 6) is 0. The first kappa shape index (κ1) is 8.83. The first-order valence-corrected chi connectivity index (χ1v) is 4.94. The first-order chi connectivity index (χ1) is 5.27. The van der Waals surface area contributed by atoms with Crippen molar-refractivity contribution in [3.05, 3.63) is 12.2 Å². The molecule has 1 aliphatic carbocycles. The van der Waals surface area contributed by atoms with Gasteiger partial charge < -0.3 is 0 Å². The van der Waals surface area contributed by atoms with E-state index in [-0.39, 0.29) is 0 Å². The third-order valence-electron chi connectivity index (χ3n) is 2.74. The lowest BCUT2D eigenvalue weighted by Crippen LogP contribution is -2.22. The molecule has 0 saturated heterocycles. The Hall–Kier alpha value is -0.260. The van der Waals surface area contributed by atoms with E-state index in [1.807, 2.05) is 0 Å². The average Bonchev–Trinajstić information content (AvgIpc) is 1.95. The Morgan fingerprint density at radius 2 is 2.09 bits per heavy atom. The van der Waals surface area contributed by atoms with Crippen LogP contribution >= 0.6 is 0 Å². The lowest BCUT2D eigenvalue weighted by atomic mass is 9.70. The fourth-order valence-electron chi connectivity index (χ4n) is 1.59. The Kier molecular flexibility index (Phi) is 3.16. The van der Waals surface area contributed by atoms with Gasteiger partial charge in [0.1, 0.15) is 0 Å². The topological polar surface area (TPSA) is 0 Å². The predicted molar refractivity (Wildman–Crippen MR) is 50.6 cm³/mol. The Balaban J connectivity index is 2.13. The normalized spacial score (nSPS) is 22.0. The summed E-state index contributed by atoms with van der Waals surface area (Å²) in [6, 6.07) is 0. The van der Waals surface area contributed by atoms with Gasteiger partial charge in [0, 0.05) is 0 Å². The van der Waals surface area contributed by atoms with Crippen LogP contribution in [0.25, 0.3) is 0 Å². The van der Waals surface area contributed by atoms with Gasteiger partial charge in [-0.25, -0.2) is 0 Å². The summed E-state index contributed by atoms with van der Waals surface area (Å²) in [7, 11) is 0. The van der Waals surface area contributed by atoms with Gasteiger partial charge in [0.25, 0.3) is 0 Å². The van der Waals surface area contributed by atoms with E-state index in [9.17, 15) is 0 Å². The number of rotatable bonds is 4. The zero-order valence-electron chi connectivity index (χ0n) is 7.90. The van der Waals surface area contributed by atoms with Crippen LogP contribution in [0.1, 0.15) is 52.4 Å². The van der Waals surface area contributed by atoms with Gasteiger partial charge in [-0.1, -0.05) is 45.3 Å². The van der Waals surface area contributed by atoms with Crippen LogP contribution in [-0.4, -0.2) is 0 Å². The highest BCUT2D eigenvalue weighted by molar-refractivity contribution is 5.01. The minimum atomic E-state index is 0.591. The third kappa shape index (κ3) is 2.69. The zero-order valence-corrected chi connectivity index (χ0v) is 7.90. The van der Waals surface area contributed by atoms with Gasteiger partial charge in [-0.05, 0) is 24.7 Å². The van der Waals surface area contributed by atoms with Gasteiger partial charge in [0.05, 0.1) is 0 Å². The minimum Gasteiger partial charge on any atom is -0.0880 e. The molecule has 0 amide bonds. The molecule has 0 spiro atoms. The van der Waals surface area contributed by atoms with Crippen LogP contribution in [0.2, 0.25) is 0 Å². The van der Waals surface area contributed by atoms with Crippen molar-refractivity contribution in [2.75, 3.05) is 0 Å². The van der Waals surface area contributed by atoms with E-state index in [1.54, 1.807) is 0 Å². The smallest absolute Gasteiger partial charge is 0.0147 e. The minimum absolute atomic E-state index is 0.591. The Bertz CT molecular complexity index is 129. The molecule has 0 nitrogen and oxygen atoms in total. The van der Waals surface area contributed by atoms with E-state index in [0.717, 1.165) is 0 Å². The summed E-state index contributed by atoms with van der Waals surface area (Å²) in [5.41, 5.74) is 0.591. The van der Waals surface area contributed by atoms with E-state index >= 15 is 0 Å². The molecule has 1 aliphatic rings. The highest BCUT2D eigenvalue weighted by Gasteiger charge is 2.27. The summed E-state index contributed by atoms with van der Waals surface area (Å²) in [4.78, 5) is 0. The predicted octanol–water partition coefficient (Wildman–Crippen LogP) is 3.92. The van der Waals surface area contributed by atoms with Crippen molar-refractivity contribution in [2.45, 2.75) is 52.4 Å². The molecule has 64 valence electrons. The molecule has 0 heteroatoms. The molecule has 0 radical (unpaired) electrons. The Morgan fingerprint density at radius 1 is 1.36 bits per heavy atom. The summed E-state index contributed by atoms with van der Waals surface area (Å²) < 4.78 is 0. The van der Waals surface area contributed by atoms with Gasteiger partial charge in [-0.3, -0.25) is 0 Å². The van der Waals surface area contributed by atoms with Crippen molar-refractivity contribution in [2.24, 2.45) is 5.41 Å². The van der Waals surface area contributed by atoms with E-state index in [1.165, 1.54) is 38.5 Å². The summed E-state index contributed by atoms with van der Waals surface area (Å²) in [6.07, 6.45) is 13.0. The van der Waals surface area contributed by atoms with Gasteiger partial charge in [-0.2, -0.15) is 0 Å². The van der Waals surface area contributed by atoms with E-state index in [4.69, 9.17) is 0 Å². The lowest BCUT2D eigenvalue weighted by molar-refractivity contribution is 0.233. The third-order valence-corrected chi connectivity index (χ3v) is 2.74. The maximum Gasteiger partial charge on any atom is -0.0147 e. The molecule has 0 N–H and O–H groups in total. The lowest BCUT2D eigenvalue weighted by Gasteiger charge is -2.35. The fraction of sp³-hybridized carbons (Fsp3) is 0.818. The molecule has 0 aromatic carbocycles. The van der Waals surface area contributed by atoms with Gasteiger partial charge in [0.15, 0.2) is 0 Å². The van der Waals surface area contributed by atoms with Crippen molar-refractivity contribution < 1.29 is 0 Å². The average molecular weight is 152 g/mol. The van der Waals surface area contributed by atoms with Crippen LogP contribution < -0.4 is 0 Å². The quantitative estimate of drug-likeness (QED) is 0.423. The molecule has 0 aromatic rings. The summed E-state index contributed by atoms with van der Waals surface area (Å²) in [6.45, 7) is 4.62. The number of hydrogen-bond donors (Lipinski definition) is 0. The van der Waals surface area contributed by atoms with Crippen molar-refractivity contribution >= 4 is 0 Å². The highest BCUT2D eigenvalue weighted by atomic mass is 14.3. The van der Waals surface area contributed by atoms with Gasteiger partial charge >= 0.3 is 0 Å². The SMILES string of the molecule is CCCC/C=C\C1(C)CCC1. The second-order valence-electron chi connectivity index (χ2n) is 4.05. The molecular formula is C11H20. The molecular weight excluding hydrogens is 132 g/mol. The number of hydrogen-bond acceptors (Lipinski definition) is 0. The maximum absolute atomic E-state index is 2.44. The monoisotopic (exact) mass is 152 g/mol. The van der Waals surface area contributed by atoms with Crippen LogP contribution in [0.3, 0.4) is 0 Å². The molecule has 1 rings (SSSR count). The van der Waals surface area contributed by atoms with Crippen LogP contribution in [0.5, 0.6) is 0 Å². The van der Waals surface area contributed by atoms with E-state index in [2.05, 4.69) is 26.0 Å². The molecule has 0 atom stereocenters. The molecule has 1 fully saturated rings. The Labute approximate surface area is 70.7 Å². The van der Waals surface area contributed by atoms with Crippen LogP contribution in [0.15, 0.2) is 12.2 Å². The molecule has 11 heavy (non-hydrogen) atoms. The molecule has 1 saturated carbocycles. The van der Waals surface area contributed by atoms with Crippen LogP contribution in [0.4, 0.5) is 0 Å². The number of allylic oxidation sites excluding steroid dienone is 2. The highest BCUT2D eigenvalue weighted by Crippen LogP contribution is 2.41. The van der Waals surface area contributed by atoms with Crippen molar-refractivity contribution in [3.63, 3.8) is 0 Å².